The van der Waals surface area contributed by atoms with Gasteiger partial charge in [0, 0.05) is 38.1 Å². The number of anilines is 1. The van der Waals surface area contributed by atoms with Gasteiger partial charge < -0.3 is 14.2 Å². The Morgan fingerprint density at radius 1 is 1.07 bits per heavy atom. The van der Waals surface area contributed by atoms with E-state index in [-0.39, 0.29) is 11.7 Å². The normalized spacial score (nSPS) is 14.8. The van der Waals surface area contributed by atoms with E-state index in [2.05, 4.69) is 9.88 Å². The number of halogens is 1. The molecular weight excluding hydrogens is 343 g/mol. The summed E-state index contributed by atoms with van der Waals surface area (Å²) in [6.45, 7) is 6.84. The minimum absolute atomic E-state index is 0.125. The number of amides is 1. The minimum atomic E-state index is -0.230. The minimum Gasteiger partial charge on any atom is -0.368 e. The van der Waals surface area contributed by atoms with Crippen molar-refractivity contribution < 1.29 is 9.18 Å². The van der Waals surface area contributed by atoms with Crippen LogP contribution in [0.2, 0.25) is 0 Å². The summed E-state index contributed by atoms with van der Waals surface area (Å²) in [4.78, 5) is 21.6. The third-order valence-corrected chi connectivity index (χ3v) is 5.29. The van der Waals surface area contributed by atoms with Crippen molar-refractivity contribution in [1.82, 2.24) is 14.3 Å². The van der Waals surface area contributed by atoms with E-state index in [1.807, 2.05) is 41.5 Å². The van der Waals surface area contributed by atoms with Gasteiger partial charge in [-0.3, -0.25) is 4.79 Å². The number of hydrogen-bond donors (Lipinski definition) is 0. The van der Waals surface area contributed by atoms with Crippen LogP contribution >= 0.6 is 0 Å². The number of carbonyl (C=O) groups excluding carboxylic acids is 1. The Labute approximate surface area is 158 Å². The highest BCUT2D eigenvalue weighted by Crippen LogP contribution is 2.19. The van der Waals surface area contributed by atoms with Crippen molar-refractivity contribution in [1.29, 1.82) is 0 Å². The molecule has 4 rings (SSSR count). The second kappa shape index (κ2) is 7.02. The van der Waals surface area contributed by atoms with E-state index in [4.69, 9.17) is 0 Å². The highest BCUT2D eigenvalue weighted by atomic mass is 19.1. The van der Waals surface area contributed by atoms with Crippen LogP contribution in [0.1, 0.15) is 17.0 Å². The van der Waals surface area contributed by atoms with Crippen molar-refractivity contribution in [3.05, 3.63) is 65.4 Å². The average Bonchev–Trinajstić information content (AvgIpc) is 2.99. The van der Waals surface area contributed by atoms with E-state index < -0.39 is 0 Å². The van der Waals surface area contributed by atoms with Gasteiger partial charge >= 0.3 is 0 Å². The standard InChI is InChI=1S/C21H23FN4O/c1-15-4-3-9-26-19(16(2)23-21(15)26)14-20(27)25-12-10-24(11-13-25)18-7-5-17(22)6-8-18/h3-9H,10-14H2,1-2H3. The molecule has 2 aromatic heterocycles. The number of rotatable bonds is 3. The molecule has 140 valence electrons. The molecule has 0 aliphatic carbocycles. The summed E-state index contributed by atoms with van der Waals surface area (Å²) in [6, 6.07) is 10.5. The van der Waals surface area contributed by atoms with Crippen LogP contribution in [0.3, 0.4) is 0 Å². The summed E-state index contributed by atoms with van der Waals surface area (Å²) >= 11 is 0. The maximum atomic E-state index is 13.1. The molecule has 1 fully saturated rings. The number of imidazole rings is 1. The Morgan fingerprint density at radius 3 is 2.48 bits per heavy atom. The summed E-state index contributed by atoms with van der Waals surface area (Å²) in [5.74, 6) is -0.105. The molecule has 0 radical (unpaired) electrons. The molecule has 0 unspecified atom stereocenters. The largest absolute Gasteiger partial charge is 0.368 e. The first kappa shape index (κ1) is 17.5. The van der Waals surface area contributed by atoms with Gasteiger partial charge in [-0.15, -0.1) is 0 Å². The van der Waals surface area contributed by atoms with Crippen molar-refractivity contribution >= 4 is 17.2 Å². The van der Waals surface area contributed by atoms with Gasteiger partial charge in [0.25, 0.3) is 0 Å². The third kappa shape index (κ3) is 3.39. The Balaban J connectivity index is 1.44. The van der Waals surface area contributed by atoms with E-state index in [1.165, 1.54) is 12.1 Å². The van der Waals surface area contributed by atoms with Crippen LogP contribution in [0, 0.1) is 19.7 Å². The van der Waals surface area contributed by atoms with Gasteiger partial charge in [-0.1, -0.05) is 6.07 Å². The monoisotopic (exact) mass is 366 g/mol. The third-order valence-electron chi connectivity index (χ3n) is 5.29. The number of fused-ring (bicyclic) bond motifs is 1. The summed E-state index contributed by atoms with van der Waals surface area (Å²) in [6.07, 6.45) is 2.32. The quantitative estimate of drug-likeness (QED) is 0.716. The van der Waals surface area contributed by atoms with E-state index >= 15 is 0 Å². The van der Waals surface area contributed by atoms with Crippen LogP contribution in [-0.2, 0) is 11.2 Å². The maximum absolute atomic E-state index is 13.1. The molecule has 0 bridgehead atoms. The summed E-state index contributed by atoms with van der Waals surface area (Å²) in [5, 5.41) is 0. The zero-order valence-electron chi connectivity index (χ0n) is 15.7. The molecule has 6 heteroatoms. The lowest BCUT2D eigenvalue weighted by Gasteiger charge is -2.36. The molecule has 1 aromatic carbocycles. The van der Waals surface area contributed by atoms with Gasteiger partial charge in [0.2, 0.25) is 5.91 Å². The Bertz CT molecular complexity index is 972. The molecule has 0 spiro atoms. The summed E-state index contributed by atoms with van der Waals surface area (Å²) in [7, 11) is 0. The fraction of sp³-hybridized carbons (Fsp3) is 0.333. The molecule has 1 aliphatic heterocycles. The zero-order chi connectivity index (χ0) is 19.0. The Hall–Kier alpha value is -2.89. The molecule has 0 atom stereocenters. The lowest BCUT2D eigenvalue weighted by molar-refractivity contribution is -0.130. The van der Waals surface area contributed by atoms with Crippen LogP contribution in [0.5, 0.6) is 0 Å². The lowest BCUT2D eigenvalue weighted by Crippen LogP contribution is -2.49. The Kier molecular flexibility index (Phi) is 4.56. The molecule has 1 saturated heterocycles. The molecule has 27 heavy (non-hydrogen) atoms. The smallest absolute Gasteiger partial charge is 0.228 e. The van der Waals surface area contributed by atoms with Crippen molar-refractivity contribution in [3.8, 4) is 0 Å². The highest BCUT2D eigenvalue weighted by molar-refractivity contribution is 5.79. The van der Waals surface area contributed by atoms with E-state index in [1.54, 1.807) is 12.1 Å². The van der Waals surface area contributed by atoms with Crippen molar-refractivity contribution in [2.24, 2.45) is 0 Å². The number of aryl methyl sites for hydroxylation is 2. The van der Waals surface area contributed by atoms with Crippen molar-refractivity contribution in [2.45, 2.75) is 20.3 Å². The molecule has 5 nitrogen and oxygen atoms in total. The number of nitrogens with zero attached hydrogens (tertiary/aromatic N) is 4. The van der Waals surface area contributed by atoms with E-state index in [0.717, 1.165) is 41.4 Å². The second-order valence-electron chi connectivity index (χ2n) is 7.05. The molecule has 0 saturated carbocycles. The van der Waals surface area contributed by atoms with E-state index in [0.29, 0.717) is 19.5 Å². The topological polar surface area (TPSA) is 40.9 Å². The van der Waals surface area contributed by atoms with Gasteiger partial charge in [0.1, 0.15) is 11.5 Å². The van der Waals surface area contributed by atoms with Gasteiger partial charge in [0.15, 0.2) is 0 Å². The molecule has 3 heterocycles. The molecule has 1 amide bonds. The summed E-state index contributed by atoms with van der Waals surface area (Å²) in [5.41, 5.74) is 4.88. The molecule has 1 aliphatic rings. The van der Waals surface area contributed by atoms with Crippen molar-refractivity contribution in [2.75, 3.05) is 31.1 Å². The van der Waals surface area contributed by atoms with Crippen LogP contribution < -0.4 is 4.90 Å². The fourth-order valence-electron chi connectivity index (χ4n) is 3.70. The first-order chi connectivity index (χ1) is 13.0. The number of aromatic nitrogens is 2. The number of pyridine rings is 1. The van der Waals surface area contributed by atoms with Gasteiger partial charge in [-0.05, 0) is 49.7 Å². The first-order valence-corrected chi connectivity index (χ1v) is 9.24. The van der Waals surface area contributed by atoms with Crippen LogP contribution in [0.15, 0.2) is 42.6 Å². The first-order valence-electron chi connectivity index (χ1n) is 9.24. The number of hydrogen-bond acceptors (Lipinski definition) is 3. The molecular formula is C21H23FN4O. The predicted octanol–water partition coefficient (Wildman–Crippen LogP) is 2.98. The molecule has 3 aromatic rings. The Morgan fingerprint density at radius 2 is 1.78 bits per heavy atom. The van der Waals surface area contributed by atoms with Crippen LogP contribution in [0.25, 0.3) is 5.65 Å². The van der Waals surface area contributed by atoms with E-state index in [9.17, 15) is 9.18 Å². The number of piperazine rings is 1. The zero-order valence-corrected chi connectivity index (χ0v) is 15.7. The maximum Gasteiger partial charge on any atom is 0.228 e. The van der Waals surface area contributed by atoms with Crippen LogP contribution in [-0.4, -0.2) is 46.4 Å². The SMILES string of the molecule is Cc1nc2c(C)cccn2c1CC(=O)N1CCN(c2ccc(F)cc2)CC1. The fourth-order valence-corrected chi connectivity index (χ4v) is 3.70. The van der Waals surface area contributed by atoms with Gasteiger partial charge in [-0.2, -0.15) is 0 Å². The van der Waals surface area contributed by atoms with Crippen molar-refractivity contribution in [3.63, 3.8) is 0 Å². The summed E-state index contributed by atoms with van der Waals surface area (Å²) < 4.78 is 15.1. The van der Waals surface area contributed by atoms with Gasteiger partial charge in [0.05, 0.1) is 17.8 Å². The van der Waals surface area contributed by atoms with Gasteiger partial charge in [-0.25, -0.2) is 9.37 Å². The average molecular weight is 366 g/mol. The second-order valence-corrected chi connectivity index (χ2v) is 7.05. The molecule has 0 N–H and O–H groups in total. The lowest BCUT2D eigenvalue weighted by atomic mass is 10.2. The predicted molar refractivity (Wildman–Crippen MR) is 104 cm³/mol. The number of benzene rings is 1. The van der Waals surface area contributed by atoms with Crippen LogP contribution in [0.4, 0.5) is 10.1 Å². The number of carbonyl (C=O) groups is 1. The highest BCUT2D eigenvalue weighted by Gasteiger charge is 2.23.